The highest BCUT2D eigenvalue weighted by Crippen LogP contribution is 2.28. The predicted molar refractivity (Wildman–Crippen MR) is 145 cm³/mol. The summed E-state index contributed by atoms with van der Waals surface area (Å²) >= 11 is 0. The highest BCUT2D eigenvalue weighted by Gasteiger charge is 2.40. The van der Waals surface area contributed by atoms with Gasteiger partial charge in [0.15, 0.2) is 6.17 Å². The Bertz CT molecular complexity index is 1030. The van der Waals surface area contributed by atoms with E-state index >= 15 is 0 Å². The lowest BCUT2D eigenvalue weighted by Gasteiger charge is -2.38. The van der Waals surface area contributed by atoms with E-state index in [1.165, 1.54) is 11.8 Å². The van der Waals surface area contributed by atoms with E-state index in [2.05, 4.69) is 16.0 Å². The number of ketones is 1. The molecular weight excluding hydrogens is 524 g/mol. The summed E-state index contributed by atoms with van der Waals surface area (Å²) in [4.78, 5) is 65.0. The van der Waals surface area contributed by atoms with E-state index < -0.39 is 59.8 Å². The minimum absolute atomic E-state index is 0.123. The smallest absolute Gasteiger partial charge is 0.294 e. The summed E-state index contributed by atoms with van der Waals surface area (Å²) in [5, 5.41) is 8.81. The van der Waals surface area contributed by atoms with Crippen LogP contribution >= 0.6 is 0 Å². The molecular formula is C28H41F2N5O5. The van der Waals surface area contributed by atoms with Gasteiger partial charge in [-0.2, -0.15) is 8.78 Å². The van der Waals surface area contributed by atoms with Crippen LogP contribution in [0.5, 0.6) is 0 Å². The number of halogens is 2. The average molecular weight is 566 g/mol. The maximum atomic E-state index is 13.6. The molecule has 4 amide bonds. The van der Waals surface area contributed by atoms with Gasteiger partial charge in [0.2, 0.25) is 18.2 Å². The van der Waals surface area contributed by atoms with Crippen molar-refractivity contribution in [2.24, 2.45) is 11.3 Å². The highest BCUT2D eigenvalue weighted by molar-refractivity contribution is 6.38. The number of nitrogens with one attached hydrogen (secondary N) is 4. The molecule has 0 bridgehead atoms. The van der Waals surface area contributed by atoms with E-state index in [0.717, 1.165) is 25.7 Å². The Morgan fingerprint density at radius 3 is 2.15 bits per heavy atom. The van der Waals surface area contributed by atoms with Crippen molar-refractivity contribution in [3.8, 4) is 0 Å². The predicted octanol–water partition coefficient (Wildman–Crippen LogP) is 2.26. The molecule has 1 aromatic rings. The van der Waals surface area contributed by atoms with Crippen LogP contribution in [-0.4, -0.2) is 66.2 Å². The van der Waals surface area contributed by atoms with Crippen molar-refractivity contribution >= 4 is 29.9 Å². The summed E-state index contributed by atoms with van der Waals surface area (Å²) in [5.74, 6) is -3.76. The van der Waals surface area contributed by atoms with Crippen molar-refractivity contribution in [1.29, 1.82) is 0 Å². The Balaban J connectivity index is 2.24. The molecule has 0 heterocycles. The number of benzene rings is 1. The molecule has 1 aliphatic carbocycles. The monoisotopic (exact) mass is 565 g/mol. The van der Waals surface area contributed by atoms with E-state index in [0.29, 0.717) is 12.0 Å². The SMILES string of the molecule is CC(C(=O)NC(NC(F)F)C(=O)C(=O)N[C@@H](C)c1ccccc1)N(CC1CCCC1)C(=O)C(NC=O)C(C)(C)C. The molecule has 4 N–H and O–H groups in total. The van der Waals surface area contributed by atoms with Crippen LogP contribution < -0.4 is 21.3 Å². The van der Waals surface area contributed by atoms with Crippen molar-refractivity contribution in [2.75, 3.05) is 6.54 Å². The van der Waals surface area contributed by atoms with Gasteiger partial charge in [-0.1, -0.05) is 63.9 Å². The van der Waals surface area contributed by atoms with Crippen molar-refractivity contribution in [3.63, 3.8) is 0 Å². The summed E-state index contributed by atoms with van der Waals surface area (Å²) in [7, 11) is 0. The number of carbonyl (C=O) groups excluding carboxylic acids is 5. The van der Waals surface area contributed by atoms with E-state index in [4.69, 9.17) is 0 Å². The van der Waals surface area contributed by atoms with Crippen molar-refractivity contribution in [2.45, 2.75) is 91.1 Å². The third kappa shape index (κ3) is 9.35. The quantitative estimate of drug-likeness (QED) is 0.118. The fourth-order valence-electron chi connectivity index (χ4n) is 4.77. The minimum atomic E-state index is -3.22. The first-order chi connectivity index (χ1) is 18.8. The Kier molecular flexibility index (Phi) is 12.2. The summed E-state index contributed by atoms with van der Waals surface area (Å²) in [6.07, 6.45) is 2.05. The summed E-state index contributed by atoms with van der Waals surface area (Å²) in [5.41, 5.74) is 0.00356. The average Bonchev–Trinajstić information content (AvgIpc) is 3.41. The molecule has 222 valence electrons. The number of rotatable bonds is 14. The first-order valence-corrected chi connectivity index (χ1v) is 13.5. The second-order valence-electron chi connectivity index (χ2n) is 11.3. The Morgan fingerprint density at radius 2 is 1.62 bits per heavy atom. The normalized spacial score (nSPS) is 16.9. The molecule has 1 saturated carbocycles. The van der Waals surface area contributed by atoms with Crippen LogP contribution in [-0.2, 0) is 24.0 Å². The number of amides is 4. The number of nitrogens with zero attached hydrogens (tertiary/aromatic N) is 1. The molecule has 4 atom stereocenters. The first kappa shape index (κ1) is 32.8. The van der Waals surface area contributed by atoms with Crippen LogP contribution in [0.3, 0.4) is 0 Å². The first-order valence-electron chi connectivity index (χ1n) is 13.5. The van der Waals surface area contributed by atoms with Gasteiger partial charge < -0.3 is 20.9 Å². The lowest BCUT2D eigenvalue weighted by Crippen LogP contribution is -2.62. The van der Waals surface area contributed by atoms with E-state index in [1.54, 1.807) is 63.3 Å². The molecule has 0 spiro atoms. The minimum Gasteiger partial charge on any atom is -0.346 e. The topological polar surface area (TPSA) is 137 Å². The van der Waals surface area contributed by atoms with E-state index in [9.17, 15) is 32.8 Å². The highest BCUT2D eigenvalue weighted by atomic mass is 19.3. The lowest BCUT2D eigenvalue weighted by molar-refractivity contribution is -0.147. The molecule has 0 radical (unpaired) electrons. The lowest BCUT2D eigenvalue weighted by atomic mass is 9.85. The number of hydrogen-bond donors (Lipinski definition) is 4. The van der Waals surface area contributed by atoms with Crippen LogP contribution in [0.2, 0.25) is 0 Å². The number of alkyl halides is 2. The third-order valence-electron chi connectivity index (χ3n) is 7.12. The molecule has 0 aliphatic heterocycles. The maximum absolute atomic E-state index is 13.6. The van der Waals surface area contributed by atoms with Gasteiger partial charge in [-0.25, -0.2) is 5.32 Å². The van der Waals surface area contributed by atoms with Crippen LogP contribution in [0.1, 0.15) is 71.9 Å². The van der Waals surface area contributed by atoms with Crippen LogP contribution in [0, 0.1) is 11.3 Å². The Labute approximate surface area is 234 Å². The van der Waals surface area contributed by atoms with E-state index in [-0.39, 0.29) is 12.5 Å². The van der Waals surface area contributed by atoms with Gasteiger partial charge in [0, 0.05) is 6.54 Å². The number of carbonyl (C=O) groups is 5. The molecule has 10 nitrogen and oxygen atoms in total. The standard InChI is InChI=1S/C28H41F2N5O5/c1-17(20-13-7-6-8-14-20)32-25(39)21(37)23(34-27(29)30)33-24(38)18(2)35(15-19-11-9-10-12-19)26(40)22(31-16-36)28(3,4)5/h6-8,13-14,16-19,22-23,27,34H,9-12,15H2,1-5H3,(H,31,36)(H,32,39)(H,33,38)/t17-,18?,22?,23?/m0/s1. The zero-order valence-corrected chi connectivity index (χ0v) is 23.7. The zero-order valence-electron chi connectivity index (χ0n) is 23.7. The fraction of sp³-hybridized carbons (Fsp3) is 0.607. The van der Waals surface area contributed by atoms with Gasteiger partial charge in [0.05, 0.1) is 6.04 Å². The summed E-state index contributed by atoms with van der Waals surface area (Å²) < 4.78 is 26.6. The molecule has 2 rings (SSSR count). The van der Waals surface area contributed by atoms with Crippen molar-refractivity contribution in [1.82, 2.24) is 26.2 Å². The second kappa shape index (κ2) is 14.8. The van der Waals surface area contributed by atoms with Crippen LogP contribution in [0.4, 0.5) is 8.78 Å². The summed E-state index contributed by atoms with van der Waals surface area (Å²) in [6.45, 7) is 5.34. The van der Waals surface area contributed by atoms with Gasteiger partial charge in [0.1, 0.15) is 12.1 Å². The molecule has 0 aromatic heterocycles. The number of Topliss-reactive ketones (excluding diaryl/α,β-unsaturated/α-hetero) is 1. The Morgan fingerprint density at radius 1 is 1.02 bits per heavy atom. The molecule has 12 heteroatoms. The van der Waals surface area contributed by atoms with Gasteiger partial charge >= 0.3 is 0 Å². The van der Waals surface area contributed by atoms with Gasteiger partial charge in [-0.15, -0.1) is 0 Å². The largest absolute Gasteiger partial charge is 0.346 e. The van der Waals surface area contributed by atoms with Crippen LogP contribution in [0.15, 0.2) is 30.3 Å². The molecule has 40 heavy (non-hydrogen) atoms. The van der Waals surface area contributed by atoms with Crippen molar-refractivity contribution < 1.29 is 32.8 Å². The Hall–Kier alpha value is -3.41. The molecule has 3 unspecified atom stereocenters. The van der Waals surface area contributed by atoms with Gasteiger partial charge in [-0.05, 0) is 43.6 Å². The van der Waals surface area contributed by atoms with Gasteiger partial charge in [-0.3, -0.25) is 24.0 Å². The van der Waals surface area contributed by atoms with E-state index in [1.807, 2.05) is 0 Å². The molecule has 1 aliphatic rings. The van der Waals surface area contributed by atoms with Crippen molar-refractivity contribution in [3.05, 3.63) is 35.9 Å². The zero-order chi connectivity index (χ0) is 30.0. The van der Waals surface area contributed by atoms with Gasteiger partial charge in [0.25, 0.3) is 18.2 Å². The third-order valence-corrected chi connectivity index (χ3v) is 7.12. The number of hydrogen-bond acceptors (Lipinski definition) is 6. The second-order valence-corrected chi connectivity index (χ2v) is 11.3. The molecule has 1 aromatic carbocycles. The van der Waals surface area contributed by atoms with Crippen LogP contribution in [0.25, 0.3) is 0 Å². The maximum Gasteiger partial charge on any atom is 0.294 e. The summed E-state index contributed by atoms with van der Waals surface area (Å²) in [6, 6.07) is 5.99. The molecule has 1 fully saturated rings. The fourth-order valence-corrected chi connectivity index (χ4v) is 4.77. The molecule has 0 saturated heterocycles.